The maximum atomic E-state index is 12.5. The number of para-hydroxylation sites is 1. The van der Waals surface area contributed by atoms with Gasteiger partial charge >= 0.3 is 0 Å². The fourth-order valence-corrected chi connectivity index (χ4v) is 4.65. The summed E-state index contributed by atoms with van der Waals surface area (Å²) in [5.41, 5.74) is 4.77. The molecule has 1 amide bonds. The standard InChI is InChI=1S/C26H30N2O4S/c1-5-32-24-15-11-21(12-16-24)17-27-26(29)23-13-9-22(10-14-23)18-28(33(4,30)31)25-19(2)7-6-8-20(25)3/h6-16H,5,17-18H2,1-4H3,(H,27,29). The summed E-state index contributed by atoms with van der Waals surface area (Å²) in [5, 5.41) is 2.91. The Kier molecular flexibility index (Phi) is 7.76. The first-order valence-corrected chi connectivity index (χ1v) is 12.7. The molecule has 0 saturated heterocycles. The van der Waals surface area contributed by atoms with Crippen molar-refractivity contribution in [3.63, 3.8) is 0 Å². The molecule has 0 aliphatic carbocycles. The van der Waals surface area contributed by atoms with E-state index in [0.29, 0.717) is 24.4 Å². The Labute approximate surface area is 196 Å². The van der Waals surface area contributed by atoms with Gasteiger partial charge in [-0.15, -0.1) is 0 Å². The number of hydrogen-bond donors (Lipinski definition) is 1. The number of ether oxygens (including phenoxy) is 1. The minimum Gasteiger partial charge on any atom is -0.494 e. The van der Waals surface area contributed by atoms with Crippen molar-refractivity contribution in [1.82, 2.24) is 5.32 Å². The van der Waals surface area contributed by atoms with Crippen LogP contribution in [0.25, 0.3) is 0 Å². The van der Waals surface area contributed by atoms with Gasteiger partial charge in [-0.1, -0.05) is 42.5 Å². The minimum atomic E-state index is -3.49. The van der Waals surface area contributed by atoms with Crippen LogP contribution in [-0.4, -0.2) is 27.2 Å². The van der Waals surface area contributed by atoms with E-state index in [4.69, 9.17) is 4.74 Å². The van der Waals surface area contributed by atoms with Gasteiger partial charge in [-0.3, -0.25) is 9.10 Å². The number of amides is 1. The number of nitrogens with one attached hydrogen (secondary N) is 1. The normalized spacial score (nSPS) is 11.2. The molecule has 3 rings (SSSR count). The van der Waals surface area contributed by atoms with E-state index in [-0.39, 0.29) is 12.5 Å². The molecule has 7 heteroatoms. The van der Waals surface area contributed by atoms with Crippen LogP contribution in [-0.2, 0) is 23.1 Å². The lowest BCUT2D eigenvalue weighted by molar-refractivity contribution is 0.0951. The van der Waals surface area contributed by atoms with Gasteiger partial charge in [0.05, 0.1) is 25.1 Å². The van der Waals surface area contributed by atoms with Gasteiger partial charge in [-0.2, -0.15) is 0 Å². The van der Waals surface area contributed by atoms with Crippen molar-refractivity contribution in [3.05, 3.63) is 94.5 Å². The molecule has 3 aromatic carbocycles. The largest absolute Gasteiger partial charge is 0.494 e. The van der Waals surface area contributed by atoms with Crippen LogP contribution in [0.1, 0.15) is 39.5 Å². The van der Waals surface area contributed by atoms with E-state index in [0.717, 1.165) is 28.0 Å². The van der Waals surface area contributed by atoms with Gasteiger partial charge in [0.25, 0.3) is 5.91 Å². The van der Waals surface area contributed by atoms with Crippen molar-refractivity contribution in [3.8, 4) is 5.75 Å². The van der Waals surface area contributed by atoms with Crippen LogP contribution in [0.5, 0.6) is 5.75 Å². The number of nitrogens with zero attached hydrogens (tertiary/aromatic N) is 1. The second kappa shape index (κ2) is 10.5. The SMILES string of the molecule is CCOc1ccc(CNC(=O)c2ccc(CN(c3c(C)cccc3C)S(C)(=O)=O)cc2)cc1. The molecule has 0 atom stereocenters. The van der Waals surface area contributed by atoms with Crippen LogP contribution >= 0.6 is 0 Å². The first-order valence-electron chi connectivity index (χ1n) is 10.8. The Bertz CT molecular complexity index is 1180. The van der Waals surface area contributed by atoms with Crippen molar-refractivity contribution < 1.29 is 17.9 Å². The van der Waals surface area contributed by atoms with Crippen molar-refractivity contribution in [2.75, 3.05) is 17.2 Å². The molecule has 0 aliphatic heterocycles. The van der Waals surface area contributed by atoms with Crippen molar-refractivity contribution in [2.45, 2.75) is 33.9 Å². The van der Waals surface area contributed by atoms with Crippen LogP contribution < -0.4 is 14.4 Å². The van der Waals surface area contributed by atoms with Crippen LogP contribution in [0.4, 0.5) is 5.69 Å². The molecule has 6 nitrogen and oxygen atoms in total. The maximum Gasteiger partial charge on any atom is 0.251 e. The molecule has 0 fully saturated rings. The smallest absolute Gasteiger partial charge is 0.251 e. The zero-order valence-electron chi connectivity index (χ0n) is 19.5. The lowest BCUT2D eigenvalue weighted by Crippen LogP contribution is -2.30. The summed E-state index contributed by atoms with van der Waals surface area (Å²) >= 11 is 0. The summed E-state index contributed by atoms with van der Waals surface area (Å²) in [6, 6.07) is 20.3. The molecule has 0 heterocycles. The third-order valence-electron chi connectivity index (χ3n) is 5.32. The first-order chi connectivity index (χ1) is 15.7. The highest BCUT2D eigenvalue weighted by Gasteiger charge is 2.21. The average molecular weight is 467 g/mol. The van der Waals surface area contributed by atoms with E-state index < -0.39 is 10.0 Å². The number of benzene rings is 3. The Balaban J connectivity index is 1.69. The number of rotatable bonds is 9. The fourth-order valence-electron chi connectivity index (χ4n) is 3.64. The van der Waals surface area contributed by atoms with Gasteiger partial charge < -0.3 is 10.1 Å². The molecule has 0 spiro atoms. The number of sulfonamides is 1. The van der Waals surface area contributed by atoms with E-state index in [1.807, 2.05) is 63.2 Å². The lowest BCUT2D eigenvalue weighted by Gasteiger charge is -2.26. The van der Waals surface area contributed by atoms with Gasteiger partial charge in [0.2, 0.25) is 10.0 Å². The van der Waals surface area contributed by atoms with Gasteiger partial charge in [0.15, 0.2) is 0 Å². The van der Waals surface area contributed by atoms with E-state index in [2.05, 4.69) is 5.32 Å². The number of carbonyl (C=O) groups excluding carboxylic acids is 1. The molecule has 0 unspecified atom stereocenters. The minimum absolute atomic E-state index is 0.190. The molecular formula is C26H30N2O4S. The van der Waals surface area contributed by atoms with Gasteiger partial charge in [0.1, 0.15) is 5.75 Å². The molecule has 3 aromatic rings. The Morgan fingerprint density at radius 2 is 1.48 bits per heavy atom. The molecule has 0 radical (unpaired) electrons. The Morgan fingerprint density at radius 1 is 0.909 bits per heavy atom. The highest BCUT2D eigenvalue weighted by Crippen LogP contribution is 2.28. The van der Waals surface area contributed by atoms with E-state index in [9.17, 15) is 13.2 Å². The molecule has 33 heavy (non-hydrogen) atoms. The molecule has 0 aromatic heterocycles. The first kappa shape index (κ1) is 24.3. The van der Waals surface area contributed by atoms with Gasteiger partial charge in [-0.05, 0) is 67.3 Å². The highest BCUT2D eigenvalue weighted by molar-refractivity contribution is 7.92. The second-order valence-electron chi connectivity index (χ2n) is 7.97. The molecule has 174 valence electrons. The Morgan fingerprint density at radius 3 is 2.03 bits per heavy atom. The summed E-state index contributed by atoms with van der Waals surface area (Å²) in [6.07, 6.45) is 1.21. The predicted molar refractivity (Wildman–Crippen MR) is 132 cm³/mol. The van der Waals surface area contributed by atoms with Crippen LogP contribution in [0.3, 0.4) is 0 Å². The van der Waals surface area contributed by atoms with Gasteiger partial charge in [-0.25, -0.2) is 8.42 Å². The summed E-state index contributed by atoms with van der Waals surface area (Å²) in [7, 11) is -3.49. The van der Waals surface area contributed by atoms with Crippen LogP contribution in [0, 0.1) is 13.8 Å². The predicted octanol–water partition coefficient (Wildman–Crippen LogP) is 4.60. The lowest BCUT2D eigenvalue weighted by atomic mass is 10.1. The summed E-state index contributed by atoms with van der Waals surface area (Å²) in [6.45, 7) is 6.94. The monoisotopic (exact) mass is 466 g/mol. The summed E-state index contributed by atoms with van der Waals surface area (Å²) < 4.78 is 31.9. The number of hydrogen-bond acceptors (Lipinski definition) is 4. The number of carbonyl (C=O) groups is 1. The zero-order chi connectivity index (χ0) is 24.0. The van der Waals surface area contributed by atoms with E-state index >= 15 is 0 Å². The second-order valence-corrected chi connectivity index (χ2v) is 9.87. The van der Waals surface area contributed by atoms with Crippen molar-refractivity contribution >= 4 is 21.6 Å². The zero-order valence-corrected chi connectivity index (χ0v) is 20.3. The van der Waals surface area contributed by atoms with Crippen molar-refractivity contribution in [2.24, 2.45) is 0 Å². The van der Waals surface area contributed by atoms with Crippen LogP contribution in [0.15, 0.2) is 66.7 Å². The third kappa shape index (κ3) is 6.35. The Hall–Kier alpha value is -3.32. The molecule has 0 bridgehead atoms. The quantitative estimate of drug-likeness (QED) is 0.500. The third-order valence-corrected chi connectivity index (χ3v) is 6.43. The molecule has 0 aliphatic rings. The number of aryl methyl sites for hydroxylation is 2. The van der Waals surface area contributed by atoms with Crippen molar-refractivity contribution in [1.29, 1.82) is 0 Å². The fraction of sp³-hybridized carbons (Fsp3) is 0.269. The summed E-state index contributed by atoms with van der Waals surface area (Å²) in [4.78, 5) is 12.5. The van der Waals surface area contributed by atoms with Crippen LogP contribution in [0.2, 0.25) is 0 Å². The highest BCUT2D eigenvalue weighted by atomic mass is 32.2. The topological polar surface area (TPSA) is 75.7 Å². The maximum absolute atomic E-state index is 12.5. The van der Waals surface area contributed by atoms with E-state index in [1.165, 1.54) is 10.6 Å². The molecular weight excluding hydrogens is 436 g/mol. The van der Waals surface area contributed by atoms with Gasteiger partial charge in [0, 0.05) is 12.1 Å². The average Bonchev–Trinajstić information content (AvgIpc) is 2.77. The summed E-state index contributed by atoms with van der Waals surface area (Å²) in [5.74, 6) is 0.609. The van der Waals surface area contributed by atoms with E-state index in [1.54, 1.807) is 24.3 Å². The molecule has 1 N–H and O–H groups in total. The molecule has 0 saturated carbocycles. The number of anilines is 1.